The summed E-state index contributed by atoms with van der Waals surface area (Å²) in [6.07, 6.45) is -2.21. The van der Waals surface area contributed by atoms with E-state index in [9.17, 15) is 78.1 Å². The maximum absolute atomic E-state index is 11.7. The van der Waals surface area contributed by atoms with E-state index in [-0.39, 0.29) is 34.6 Å². The van der Waals surface area contributed by atoms with Gasteiger partial charge >= 0.3 is 11.9 Å². The third kappa shape index (κ3) is 21.9. The highest BCUT2D eigenvalue weighted by Crippen LogP contribution is 2.39. The number of hydrogen-bond acceptors (Lipinski definition) is 37. The van der Waals surface area contributed by atoms with Gasteiger partial charge in [-0.3, -0.25) is 41.4 Å². The van der Waals surface area contributed by atoms with Crippen LogP contribution in [0.25, 0.3) is 55.8 Å². The minimum absolute atomic E-state index is 0.0490. The van der Waals surface area contributed by atoms with Crippen molar-refractivity contribution < 1.29 is 112 Å². The number of ether oxygens (including phenoxy) is 5. The minimum atomic E-state index is -3.59. The summed E-state index contributed by atoms with van der Waals surface area (Å²) in [6, 6.07) is 6.23. The second-order valence-electron chi connectivity index (χ2n) is 29.4. The molecule has 5 saturated heterocycles. The first kappa shape index (κ1) is 96.2. The molecule has 0 saturated carbocycles. The molecule has 25 N–H and O–H groups in total. The average molecular weight is 1860 g/mol. The van der Waals surface area contributed by atoms with Gasteiger partial charge in [0.2, 0.25) is 0 Å². The second-order valence-corrected chi connectivity index (χ2v) is 39.7. The van der Waals surface area contributed by atoms with Crippen LogP contribution in [0, 0.1) is 4.51 Å². The summed E-state index contributed by atoms with van der Waals surface area (Å²) in [5, 5.41) is 127. The quantitative estimate of drug-likeness (QED) is 0.0173. The van der Waals surface area contributed by atoms with Crippen molar-refractivity contribution in [2.75, 3.05) is 75.2 Å². The predicted molar refractivity (Wildman–Crippen MR) is 468 cm³/mol. The number of ketones is 1. The largest absolute Gasteiger partial charge is 0.480 e. The number of fused-ring (bicyclic) bond motifs is 5. The van der Waals surface area contributed by atoms with Crippen molar-refractivity contribution in [2.45, 2.75) is 155 Å². The van der Waals surface area contributed by atoms with Crippen LogP contribution in [0.5, 0.6) is 0 Å². The molecule has 676 valence electrons. The van der Waals surface area contributed by atoms with Crippen LogP contribution >= 0.6 is 12.2 Å². The Morgan fingerprint density at radius 2 is 0.864 bits per heavy atom. The number of aromatic amines is 1. The molecule has 5 aliphatic rings. The van der Waals surface area contributed by atoms with Crippen LogP contribution in [0.3, 0.4) is 0 Å². The maximum Gasteiger partial charge on any atom is 0.320 e. The molecule has 5 fully saturated rings. The van der Waals surface area contributed by atoms with Crippen LogP contribution in [-0.2, 0) is 91.4 Å². The number of Topliss-reactive ketones (excluding diaryl/α,β-unsaturated/α-hetero) is 1. The zero-order valence-electron chi connectivity index (χ0n) is 67.1. The van der Waals surface area contributed by atoms with Crippen molar-refractivity contribution in [3.63, 3.8) is 0 Å². The number of hydrogen-bond donors (Lipinski definition) is 19. The molecule has 0 aromatic carbocycles. The summed E-state index contributed by atoms with van der Waals surface area (Å²) >= 11 is 5.25. The van der Waals surface area contributed by atoms with Gasteiger partial charge in [0.1, 0.15) is 183 Å². The number of nitrogens with zero attached hydrogens (tertiary/aromatic N) is 14. The highest BCUT2D eigenvalue weighted by atomic mass is 32.2. The molecule has 10 aromatic heterocycles. The fourth-order valence-corrected chi connectivity index (χ4v) is 20.9. The van der Waals surface area contributed by atoms with E-state index in [0.717, 1.165) is 5.41 Å². The summed E-state index contributed by atoms with van der Waals surface area (Å²) < 4.78 is 71.9. The van der Waals surface area contributed by atoms with Gasteiger partial charge in [-0.15, -0.1) is 0 Å². The van der Waals surface area contributed by atoms with Gasteiger partial charge < -0.3 is 124 Å². The molecule has 0 spiro atoms. The second kappa shape index (κ2) is 42.0. The van der Waals surface area contributed by atoms with Gasteiger partial charge in [-0.25, -0.2) is 53.3 Å². The van der Waals surface area contributed by atoms with Gasteiger partial charge in [0.05, 0.1) is 70.4 Å². The van der Waals surface area contributed by atoms with Gasteiger partial charge in [0, 0.05) is 81.8 Å². The molecular formula is C75H100N21O23S6+3. The third-order valence-electron chi connectivity index (χ3n) is 20.8. The zero-order chi connectivity index (χ0) is 90.9. The number of nitrogen functional groups attached to an aromatic ring is 4. The Hall–Kier alpha value is -9.44. The Bertz CT molecular complexity index is 5690. The number of pyridine rings is 5. The molecule has 11 unspecified atom stereocenters. The Morgan fingerprint density at radius 1 is 0.512 bits per heavy atom. The lowest BCUT2D eigenvalue weighted by Crippen LogP contribution is -2.39. The Kier molecular flexibility index (Phi) is 32.3. The van der Waals surface area contributed by atoms with Crippen LogP contribution in [0.2, 0.25) is 0 Å². The Morgan fingerprint density at radius 3 is 1.25 bits per heavy atom. The van der Waals surface area contributed by atoms with Crippen molar-refractivity contribution in [1.82, 2.24) is 72.7 Å². The number of rotatable bonds is 29. The lowest BCUT2D eigenvalue weighted by molar-refractivity contribution is -0.139. The first-order valence-electron chi connectivity index (χ1n) is 38.3. The van der Waals surface area contributed by atoms with Crippen molar-refractivity contribution in [1.29, 1.82) is 0 Å². The fraction of sp³-hybridized carbons (Fsp3) is 0.453. The van der Waals surface area contributed by atoms with Gasteiger partial charge in [0.25, 0.3) is 0 Å². The number of nitrogens with one attached hydrogen (secondary N) is 1. The molecule has 10 aromatic rings. The minimum Gasteiger partial charge on any atom is -0.480 e. The number of carboxylic acids is 2. The van der Waals surface area contributed by atoms with Crippen molar-refractivity contribution >= 4 is 162 Å². The normalized spacial score (nSPS) is 28.0. The summed E-state index contributed by atoms with van der Waals surface area (Å²) in [5.41, 5.74) is 41.2. The van der Waals surface area contributed by atoms with Gasteiger partial charge in [-0.1, -0.05) is 38.5 Å². The van der Waals surface area contributed by atoms with Crippen LogP contribution in [0.15, 0.2) is 141 Å². The first-order valence-corrected chi connectivity index (χ1v) is 47.0. The van der Waals surface area contributed by atoms with E-state index in [1.54, 1.807) is 57.3 Å². The number of H-pyrrole nitrogens is 1. The number of carbonyl (C=O) groups is 3. The van der Waals surface area contributed by atoms with Crippen molar-refractivity contribution in [3.05, 3.63) is 145 Å². The summed E-state index contributed by atoms with van der Waals surface area (Å²) in [5.74, 6) is -0.155. The van der Waals surface area contributed by atoms with Gasteiger partial charge in [-0.05, 0) is 53.6 Å². The lowest BCUT2D eigenvalue weighted by atomic mass is 10.1. The summed E-state index contributed by atoms with van der Waals surface area (Å²) in [7, 11) is -5.99. The molecule has 44 nitrogen and oxygen atoms in total. The van der Waals surface area contributed by atoms with Gasteiger partial charge in [-0.2, -0.15) is 0 Å². The molecular weight excluding hydrogens is 1760 g/mol. The molecule has 125 heavy (non-hydrogen) atoms. The van der Waals surface area contributed by atoms with Crippen molar-refractivity contribution in [2.24, 2.45) is 11.5 Å². The predicted octanol–water partition coefficient (Wildman–Crippen LogP) is -2.34. The zero-order valence-corrected chi connectivity index (χ0v) is 72.0. The summed E-state index contributed by atoms with van der Waals surface area (Å²) in [4.78, 5) is 74.3. The highest BCUT2D eigenvalue weighted by molar-refractivity contribution is 7.99. The molecule has 15 heterocycles. The van der Waals surface area contributed by atoms with E-state index in [4.69, 9.17) is 80.5 Å². The number of carboxylic acid groups (broad SMARTS) is 2. The van der Waals surface area contributed by atoms with Crippen LogP contribution in [0.4, 0.5) is 22.7 Å². The number of anilines is 4. The molecule has 50 heteroatoms. The van der Waals surface area contributed by atoms with E-state index >= 15 is 0 Å². The van der Waals surface area contributed by atoms with E-state index in [1.807, 2.05) is 11.7 Å². The van der Waals surface area contributed by atoms with Crippen LogP contribution < -0.4 is 34.4 Å². The molecule has 0 bridgehead atoms. The van der Waals surface area contributed by atoms with E-state index < -0.39 is 195 Å². The molecule has 26 atom stereocenters. The number of aliphatic carboxylic acids is 2. The van der Waals surface area contributed by atoms with Crippen molar-refractivity contribution in [3.8, 4) is 0 Å². The van der Waals surface area contributed by atoms with Crippen LogP contribution in [0.1, 0.15) is 50.9 Å². The number of sulfone groups is 1. The highest BCUT2D eigenvalue weighted by Gasteiger charge is 2.52. The topological polar surface area (TPSA) is 704 Å². The standard InChI is InChI=1S/C18H25N5O6S.C17H22N4O5S2.C14H19N4O3S.C13H16N4O5S.C13H16N4O4S/c1-9(24)6-30(5-3-11(20)18(27)28)7-12-14(25)15(26)17(29-12)23-8-22-13-10(19)2-4-21-16(13)23;1-2-28(6-4-9(18)17(24)25)7-10-13(22)14(23)16(26-10)21-8-20-12-11(27)3-5-19-15(12)21;1-3-22(2)6-9-11(19)12(20)14(21-9)18-7-17-10-8(15)4-5-16-13(10)18;1-2-23(20,21)5-8-10(18)11(19)13(22-8)17-6-16-9-7(14)3-4-15-12(9)17;1-2-22(20)5-8-10(18)11(19)13(21-8)17-6-16-9-7(14)3-4-15-12(9)17/h2,4,8,11-12,14-15,17,25-26H,3,5-7,20H2,1H3,(H2-,19,21,27,28);2-3,5,8-10,13-14,16,22-23H,1,4,6-7,18H2,(H-,19,24,25,27);3-5,7,9,11-12,14,19-20H,1,6H2,2H3,(H2,15,16);2-4,6,8,10-11,13,18-19H,1,5H2,(H2,14,15);2-4,6,8,10-11,13,18-19H,1,5H2,(H2,14,15)/q;;+1;;/p+2/t11?,12-,14?,15+,17-,30?;9?,10-,13?,14+,16-,28?;9-,11?,12+,14-,22?;8-,10?,11+,13-;8-,10?,11+,13-,22?/m11111/s1. The SMILES string of the molecule is C=CS(=O)(=O)C[C@H]1O[C@@H](n2cnc3c(N)ccnc32)[C@@H](O)C1O.C=CS(=O)C[C@H]1O[C@@H](n2cnc3c(N)ccnc32)[C@@H](O)C1O.C=C[S+](C)C[C@H]1O[C@@H](n2cnc3c(N)ccnc32)[C@@H](O)C1O.C=C[S+](CCC(N)C(=O)O)C[C@H]1O[C@@H](n2cnc3c(=S)cc[nH]c32)[C@@H](O)C1O.CC(=O)C[S+](CCC(N)C(=O)O)C[C@H]1O[C@@H](n2cnc3c(N)ccnc32)[C@@H](O)C1O. The van der Waals surface area contributed by atoms with E-state index in [2.05, 4.69) is 76.2 Å². The number of aromatic nitrogens is 15. The Labute approximate surface area is 728 Å². The van der Waals surface area contributed by atoms with Crippen LogP contribution in [-0.4, -0.2) is 320 Å². The molecule has 5 aliphatic heterocycles. The summed E-state index contributed by atoms with van der Waals surface area (Å²) in [6.45, 7) is 15.6. The average Bonchev–Trinajstić information content (AvgIpc) is 1.65. The fourth-order valence-electron chi connectivity index (χ4n) is 14.0. The molecule has 0 aliphatic carbocycles. The Balaban J connectivity index is 0.000000153. The number of nitrogens with two attached hydrogens (primary N) is 6. The molecule has 0 radical (unpaired) electrons. The van der Waals surface area contributed by atoms with E-state index in [1.165, 1.54) is 76.3 Å². The third-order valence-corrected chi connectivity index (χ3v) is 29.3. The number of aliphatic hydroxyl groups is 10. The molecule has 15 rings (SSSR count). The number of imidazole rings is 5. The maximum atomic E-state index is 11.7. The monoisotopic (exact) mass is 1850 g/mol. The number of aliphatic hydroxyl groups excluding tert-OH is 10. The smallest absolute Gasteiger partial charge is 0.320 e. The molecule has 0 amide bonds. The van der Waals surface area contributed by atoms with E-state index in [0.29, 0.717) is 118 Å². The first-order chi connectivity index (χ1) is 59.4. The van der Waals surface area contributed by atoms with Gasteiger partial charge in [0.15, 0.2) is 75.1 Å². The number of carbonyl (C=O) groups excluding carboxylic acids is 1. The lowest BCUT2D eigenvalue weighted by Gasteiger charge is -2.17.